The quantitative estimate of drug-likeness (QED) is 0.329. The Bertz CT molecular complexity index is 1190. The van der Waals surface area contributed by atoms with Gasteiger partial charge in [-0.15, -0.1) is 16.8 Å². The lowest BCUT2D eigenvalue weighted by Crippen LogP contribution is -2.14. The summed E-state index contributed by atoms with van der Waals surface area (Å²) in [7, 11) is 1.62. The van der Waals surface area contributed by atoms with Gasteiger partial charge in [0, 0.05) is 24.5 Å². The number of ether oxygens (including phenoxy) is 1. The van der Waals surface area contributed by atoms with Crippen LogP contribution in [-0.4, -0.2) is 43.5 Å². The fourth-order valence-corrected chi connectivity index (χ4v) is 4.43. The Hall–Kier alpha value is -3.24. The molecule has 0 fully saturated rings. The van der Waals surface area contributed by atoms with Crippen LogP contribution in [0.1, 0.15) is 0 Å². The summed E-state index contributed by atoms with van der Waals surface area (Å²) in [6.45, 7) is 4.33. The summed E-state index contributed by atoms with van der Waals surface area (Å²) in [6.07, 6.45) is 5.20. The van der Waals surface area contributed by atoms with Crippen LogP contribution in [0.3, 0.4) is 0 Å². The molecule has 1 N–H and O–H groups in total. The topological polar surface area (TPSA) is 94.8 Å². The standard InChI is InChI=1S/C20H18N6O2S2/c1-3-9-26-18(13-5-4-8-21-11-13)24-25-20(26)29-12-17(27)23-19-22-15-7-6-14(28-2)10-16(15)30-19/h3-8,10-11H,1,9,12H2,2H3,(H,22,23,27). The molecule has 0 spiro atoms. The van der Waals surface area contributed by atoms with Crippen molar-refractivity contribution in [2.45, 2.75) is 11.7 Å². The number of carbonyl (C=O) groups excluding carboxylic acids is 1. The number of nitrogens with zero attached hydrogens (tertiary/aromatic N) is 5. The summed E-state index contributed by atoms with van der Waals surface area (Å²) in [5.74, 6) is 1.46. The molecule has 4 aromatic rings. The molecule has 8 nitrogen and oxygen atoms in total. The average Bonchev–Trinajstić information content (AvgIpc) is 3.35. The molecule has 0 aliphatic heterocycles. The first-order chi connectivity index (χ1) is 14.7. The van der Waals surface area contributed by atoms with Crippen molar-refractivity contribution in [3.63, 3.8) is 0 Å². The zero-order chi connectivity index (χ0) is 20.9. The normalized spacial score (nSPS) is 10.8. The summed E-state index contributed by atoms with van der Waals surface area (Å²) in [6, 6.07) is 9.37. The van der Waals surface area contributed by atoms with Gasteiger partial charge in [-0.05, 0) is 30.3 Å². The number of hydrogen-bond donors (Lipinski definition) is 1. The molecule has 1 amide bonds. The van der Waals surface area contributed by atoms with Gasteiger partial charge in [0.1, 0.15) is 5.75 Å². The number of amides is 1. The highest BCUT2D eigenvalue weighted by atomic mass is 32.2. The van der Waals surface area contributed by atoms with Crippen molar-refractivity contribution >= 4 is 44.4 Å². The van der Waals surface area contributed by atoms with Crippen molar-refractivity contribution in [2.75, 3.05) is 18.2 Å². The molecule has 0 unspecified atom stereocenters. The van der Waals surface area contributed by atoms with Crippen LogP contribution in [0.2, 0.25) is 0 Å². The molecule has 152 valence electrons. The molecular formula is C20H18N6O2S2. The van der Waals surface area contributed by atoms with Crippen LogP contribution in [0, 0.1) is 0 Å². The van der Waals surface area contributed by atoms with Gasteiger partial charge in [-0.25, -0.2) is 4.98 Å². The highest BCUT2D eigenvalue weighted by Gasteiger charge is 2.16. The number of anilines is 1. The van der Waals surface area contributed by atoms with E-state index in [0.717, 1.165) is 21.5 Å². The van der Waals surface area contributed by atoms with Gasteiger partial charge in [0.15, 0.2) is 16.1 Å². The number of hydrogen-bond acceptors (Lipinski definition) is 8. The van der Waals surface area contributed by atoms with E-state index in [0.29, 0.717) is 22.7 Å². The Morgan fingerprint density at radius 3 is 3.03 bits per heavy atom. The monoisotopic (exact) mass is 438 g/mol. The average molecular weight is 439 g/mol. The molecule has 0 aliphatic rings. The number of aromatic nitrogens is 5. The minimum absolute atomic E-state index is 0.165. The van der Waals surface area contributed by atoms with Crippen molar-refractivity contribution in [1.29, 1.82) is 0 Å². The highest BCUT2D eigenvalue weighted by molar-refractivity contribution is 7.99. The zero-order valence-corrected chi connectivity index (χ0v) is 17.7. The number of methoxy groups -OCH3 is 1. The molecule has 0 bridgehead atoms. The summed E-state index contributed by atoms with van der Waals surface area (Å²) in [5, 5.41) is 12.5. The first kappa shape index (κ1) is 20.0. The van der Waals surface area contributed by atoms with Gasteiger partial charge < -0.3 is 10.1 Å². The molecular weight excluding hydrogens is 420 g/mol. The minimum Gasteiger partial charge on any atom is -0.497 e. The van der Waals surface area contributed by atoms with Crippen LogP contribution >= 0.6 is 23.1 Å². The van der Waals surface area contributed by atoms with Crippen molar-refractivity contribution in [3.05, 3.63) is 55.4 Å². The predicted octanol–water partition coefficient (Wildman–Crippen LogP) is 3.88. The Kier molecular flexibility index (Phi) is 6.05. The molecule has 4 rings (SSSR count). The van der Waals surface area contributed by atoms with Crippen LogP contribution < -0.4 is 10.1 Å². The predicted molar refractivity (Wildman–Crippen MR) is 119 cm³/mol. The Balaban J connectivity index is 1.45. The third-order valence-electron chi connectivity index (χ3n) is 4.12. The maximum atomic E-state index is 12.5. The number of thiazole rings is 1. The zero-order valence-electron chi connectivity index (χ0n) is 16.1. The number of pyridine rings is 1. The van der Waals surface area contributed by atoms with E-state index in [1.807, 2.05) is 34.9 Å². The van der Waals surface area contributed by atoms with E-state index in [1.54, 1.807) is 25.6 Å². The number of benzene rings is 1. The maximum Gasteiger partial charge on any atom is 0.236 e. The van der Waals surface area contributed by atoms with Crippen molar-refractivity contribution in [1.82, 2.24) is 24.7 Å². The molecule has 0 radical (unpaired) electrons. The molecule has 0 saturated carbocycles. The summed E-state index contributed by atoms with van der Waals surface area (Å²) >= 11 is 2.71. The number of carbonyl (C=O) groups is 1. The third kappa shape index (κ3) is 4.34. The van der Waals surface area contributed by atoms with Crippen LogP contribution in [0.5, 0.6) is 5.75 Å². The number of thioether (sulfide) groups is 1. The Morgan fingerprint density at radius 2 is 2.27 bits per heavy atom. The second-order valence-corrected chi connectivity index (χ2v) is 8.11. The Morgan fingerprint density at radius 1 is 1.37 bits per heavy atom. The third-order valence-corrected chi connectivity index (χ3v) is 6.02. The SMILES string of the molecule is C=CCn1c(SCC(=O)Nc2nc3ccc(OC)cc3s2)nnc1-c1cccnc1. The summed E-state index contributed by atoms with van der Waals surface area (Å²) < 4.78 is 8.08. The largest absolute Gasteiger partial charge is 0.497 e. The van der Waals surface area contributed by atoms with Crippen molar-refractivity contribution < 1.29 is 9.53 Å². The summed E-state index contributed by atoms with van der Waals surface area (Å²) in [5.41, 5.74) is 1.67. The van der Waals surface area contributed by atoms with Crippen molar-refractivity contribution in [2.24, 2.45) is 0 Å². The second kappa shape index (κ2) is 9.06. The van der Waals surface area contributed by atoms with Gasteiger partial charge in [-0.2, -0.15) is 0 Å². The van der Waals surface area contributed by atoms with E-state index >= 15 is 0 Å². The van der Waals surface area contributed by atoms with Gasteiger partial charge in [-0.1, -0.05) is 29.2 Å². The number of fused-ring (bicyclic) bond motifs is 1. The minimum atomic E-state index is -0.165. The number of nitrogens with one attached hydrogen (secondary N) is 1. The van der Waals surface area contributed by atoms with Crippen LogP contribution in [0.4, 0.5) is 5.13 Å². The van der Waals surface area contributed by atoms with E-state index in [9.17, 15) is 4.79 Å². The first-order valence-corrected chi connectivity index (χ1v) is 10.8. The van der Waals surface area contributed by atoms with E-state index in [4.69, 9.17) is 4.74 Å². The molecule has 30 heavy (non-hydrogen) atoms. The molecule has 10 heteroatoms. The molecule has 3 heterocycles. The summed E-state index contributed by atoms with van der Waals surface area (Å²) in [4.78, 5) is 21.0. The van der Waals surface area contributed by atoms with E-state index in [-0.39, 0.29) is 11.7 Å². The molecule has 1 aromatic carbocycles. The molecule has 0 aliphatic carbocycles. The fraction of sp³-hybridized carbons (Fsp3) is 0.150. The molecule has 0 atom stereocenters. The fourth-order valence-electron chi connectivity index (χ4n) is 2.77. The highest BCUT2D eigenvalue weighted by Crippen LogP contribution is 2.29. The lowest BCUT2D eigenvalue weighted by molar-refractivity contribution is -0.113. The number of rotatable bonds is 8. The van der Waals surface area contributed by atoms with Crippen LogP contribution in [0.25, 0.3) is 21.6 Å². The molecule has 0 saturated heterocycles. The van der Waals surface area contributed by atoms with E-state index < -0.39 is 0 Å². The number of allylic oxidation sites excluding steroid dienone is 1. The lowest BCUT2D eigenvalue weighted by atomic mass is 10.3. The second-order valence-electron chi connectivity index (χ2n) is 6.14. The van der Waals surface area contributed by atoms with Gasteiger partial charge in [0.25, 0.3) is 0 Å². The smallest absolute Gasteiger partial charge is 0.236 e. The van der Waals surface area contributed by atoms with Crippen molar-refractivity contribution in [3.8, 4) is 17.1 Å². The van der Waals surface area contributed by atoms with Gasteiger partial charge in [0.05, 0.1) is 23.1 Å². The Labute approximate surface area is 181 Å². The maximum absolute atomic E-state index is 12.5. The van der Waals surface area contributed by atoms with E-state index in [2.05, 4.69) is 32.1 Å². The van der Waals surface area contributed by atoms with Gasteiger partial charge in [0.2, 0.25) is 5.91 Å². The molecule has 3 aromatic heterocycles. The first-order valence-electron chi connectivity index (χ1n) is 8.99. The van der Waals surface area contributed by atoms with Crippen LogP contribution in [-0.2, 0) is 11.3 Å². The van der Waals surface area contributed by atoms with E-state index in [1.165, 1.54) is 23.1 Å². The van der Waals surface area contributed by atoms with Crippen LogP contribution in [0.15, 0.2) is 60.5 Å². The lowest BCUT2D eigenvalue weighted by Gasteiger charge is -2.07. The van der Waals surface area contributed by atoms with Gasteiger partial charge >= 0.3 is 0 Å². The van der Waals surface area contributed by atoms with Gasteiger partial charge in [-0.3, -0.25) is 14.3 Å².